The molecule has 1 aromatic carbocycles. The van der Waals surface area contributed by atoms with Gasteiger partial charge in [0, 0.05) is 23.3 Å². The van der Waals surface area contributed by atoms with Crippen molar-refractivity contribution in [3.63, 3.8) is 0 Å². The Hall–Kier alpha value is -2.40. The van der Waals surface area contributed by atoms with Crippen LogP contribution in [0.25, 0.3) is 10.2 Å². The van der Waals surface area contributed by atoms with Crippen LogP contribution in [0.2, 0.25) is 0 Å². The number of hydrogen-bond donors (Lipinski definition) is 1. The van der Waals surface area contributed by atoms with Crippen LogP contribution >= 0.6 is 11.3 Å². The average Bonchev–Trinajstić information content (AvgIpc) is 3.01. The minimum absolute atomic E-state index is 0.00671. The second kappa shape index (κ2) is 7.08. The number of carbonyl (C=O) groups excluding carboxylic acids is 1. The van der Waals surface area contributed by atoms with Gasteiger partial charge in [-0.05, 0) is 49.4 Å². The molecule has 0 unspecified atom stereocenters. The zero-order valence-corrected chi connectivity index (χ0v) is 15.8. The van der Waals surface area contributed by atoms with Crippen LogP contribution in [0.5, 0.6) is 0 Å². The van der Waals surface area contributed by atoms with Gasteiger partial charge in [0.05, 0.1) is 5.69 Å². The number of nitrogens with two attached hydrogens (primary N) is 1. The number of aromatic nitrogens is 1. The Morgan fingerprint density at radius 1 is 1.27 bits per heavy atom. The van der Waals surface area contributed by atoms with Crippen molar-refractivity contribution in [2.75, 3.05) is 17.2 Å². The molecule has 2 aromatic heterocycles. The fourth-order valence-electron chi connectivity index (χ4n) is 3.56. The summed E-state index contributed by atoms with van der Waals surface area (Å²) in [6.45, 7) is 2.91. The first-order valence-corrected chi connectivity index (χ1v) is 10.1. The lowest BCUT2D eigenvalue weighted by Gasteiger charge is -2.29. The summed E-state index contributed by atoms with van der Waals surface area (Å²) in [6, 6.07) is 12.2. The molecule has 4 rings (SSSR count). The lowest BCUT2D eigenvalue weighted by molar-refractivity contribution is 0.0990. The number of nitrogens with zero attached hydrogens (tertiary/aromatic N) is 2. The molecule has 0 spiro atoms. The van der Waals surface area contributed by atoms with Crippen LogP contribution in [0.1, 0.15) is 47.1 Å². The molecular formula is C21H23N3OS. The number of fused-ring (bicyclic) bond motifs is 2. The molecule has 5 heteroatoms. The van der Waals surface area contributed by atoms with E-state index < -0.39 is 0 Å². The van der Waals surface area contributed by atoms with Crippen LogP contribution in [-0.2, 0) is 12.8 Å². The first kappa shape index (κ1) is 17.0. The Bertz CT molecular complexity index is 963. The van der Waals surface area contributed by atoms with Crippen molar-refractivity contribution in [2.45, 2.75) is 39.0 Å². The summed E-state index contributed by atoms with van der Waals surface area (Å²) in [7, 11) is 0. The Morgan fingerprint density at radius 3 is 2.96 bits per heavy atom. The van der Waals surface area contributed by atoms with Crippen molar-refractivity contribution in [3.05, 3.63) is 52.5 Å². The SMILES string of the molecule is CCCCc1ccc2c(N)c(C(=O)N3CCCc4ccccc43)sc2n1. The van der Waals surface area contributed by atoms with Crippen molar-refractivity contribution >= 4 is 38.8 Å². The van der Waals surface area contributed by atoms with Crippen molar-refractivity contribution in [2.24, 2.45) is 0 Å². The first-order valence-electron chi connectivity index (χ1n) is 9.26. The molecule has 3 heterocycles. The molecule has 0 bridgehead atoms. The van der Waals surface area contributed by atoms with E-state index in [4.69, 9.17) is 10.7 Å². The van der Waals surface area contributed by atoms with E-state index in [1.807, 2.05) is 35.2 Å². The van der Waals surface area contributed by atoms with Crippen LogP contribution < -0.4 is 10.6 Å². The van der Waals surface area contributed by atoms with E-state index in [-0.39, 0.29) is 5.91 Å². The number of unbranched alkanes of at least 4 members (excludes halogenated alkanes) is 1. The van der Waals surface area contributed by atoms with E-state index in [1.54, 1.807) is 0 Å². The lowest BCUT2D eigenvalue weighted by Crippen LogP contribution is -2.35. The number of anilines is 2. The molecule has 0 fully saturated rings. The summed E-state index contributed by atoms with van der Waals surface area (Å²) in [4.78, 5) is 21.3. The molecular weight excluding hydrogens is 342 g/mol. The maximum atomic E-state index is 13.2. The van der Waals surface area contributed by atoms with Gasteiger partial charge in [0.15, 0.2) is 0 Å². The van der Waals surface area contributed by atoms with Gasteiger partial charge < -0.3 is 10.6 Å². The Kier molecular flexibility index (Phi) is 4.64. The van der Waals surface area contributed by atoms with Gasteiger partial charge in [-0.2, -0.15) is 0 Å². The largest absolute Gasteiger partial charge is 0.397 e. The van der Waals surface area contributed by atoms with Gasteiger partial charge >= 0.3 is 0 Å². The summed E-state index contributed by atoms with van der Waals surface area (Å²) < 4.78 is 0. The standard InChI is InChI=1S/C21H23N3OS/c1-2-3-9-15-11-12-16-18(22)19(26-20(16)23-15)21(25)24-13-6-8-14-7-4-5-10-17(14)24/h4-5,7,10-12H,2-3,6,8-9,13,22H2,1H3. The second-order valence-electron chi connectivity index (χ2n) is 6.79. The molecule has 0 saturated heterocycles. The number of para-hydroxylation sites is 1. The van der Waals surface area contributed by atoms with Gasteiger partial charge in [-0.1, -0.05) is 31.5 Å². The maximum Gasteiger partial charge on any atom is 0.270 e. The number of aryl methyl sites for hydroxylation is 2. The minimum Gasteiger partial charge on any atom is -0.397 e. The van der Waals surface area contributed by atoms with E-state index in [0.29, 0.717) is 10.6 Å². The highest BCUT2D eigenvalue weighted by Gasteiger charge is 2.27. The van der Waals surface area contributed by atoms with Gasteiger partial charge in [0.2, 0.25) is 0 Å². The minimum atomic E-state index is -0.00671. The van der Waals surface area contributed by atoms with Gasteiger partial charge in [-0.3, -0.25) is 4.79 Å². The van der Waals surface area contributed by atoms with Crippen molar-refractivity contribution < 1.29 is 4.79 Å². The lowest BCUT2D eigenvalue weighted by atomic mass is 10.0. The zero-order chi connectivity index (χ0) is 18.1. The van der Waals surface area contributed by atoms with Crippen molar-refractivity contribution in [1.29, 1.82) is 0 Å². The molecule has 134 valence electrons. The number of nitrogen functional groups attached to an aromatic ring is 1. The van der Waals surface area contributed by atoms with E-state index in [1.165, 1.54) is 16.9 Å². The van der Waals surface area contributed by atoms with Gasteiger partial charge in [-0.15, -0.1) is 11.3 Å². The van der Waals surface area contributed by atoms with Crippen LogP contribution in [0.4, 0.5) is 11.4 Å². The van der Waals surface area contributed by atoms with E-state index in [2.05, 4.69) is 13.0 Å². The molecule has 0 saturated carbocycles. The average molecular weight is 366 g/mol. The zero-order valence-electron chi connectivity index (χ0n) is 15.0. The van der Waals surface area contributed by atoms with Crippen molar-refractivity contribution in [1.82, 2.24) is 4.98 Å². The third-order valence-corrected chi connectivity index (χ3v) is 6.09. The third kappa shape index (κ3) is 2.97. The van der Waals surface area contributed by atoms with Gasteiger partial charge in [0.1, 0.15) is 9.71 Å². The number of pyridine rings is 1. The number of hydrogen-bond acceptors (Lipinski definition) is 4. The topological polar surface area (TPSA) is 59.2 Å². The molecule has 1 amide bonds. The fourth-order valence-corrected chi connectivity index (χ4v) is 4.62. The molecule has 0 atom stereocenters. The molecule has 2 N–H and O–H groups in total. The predicted octanol–water partition coefficient (Wildman–Crippen LogP) is 4.81. The Labute approximate surface area is 157 Å². The summed E-state index contributed by atoms with van der Waals surface area (Å²) in [6.07, 6.45) is 5.23. The van der Waals surface area contributed by atoms with E-state index in [0.717, 1.165) is 60.2 Å². The number of amides is 1. The van der Waals surface area contributed by atoms with Crippen LogP contribution in [0.3, 0.4) is 0 Å². The molecule has 1 aliphatic heterocycles. The Balaban J connectivity index is 1.70. The first-order chi connectivity index (χ1) is 12.7. The van der Waals surface area contributed by atoms with Crippen LogP contribution in [0, 0.1) is 0 Å². The molecule has 0 aliphatic carbocycles. The fraction of sp³-hybridized carbons (Fsp3) is 0.333. The van der Waals surface area contributed by atoms with Crippen LogP contribution in [-0.4, -0.2) is 17.4 Å². The van der Waals surface area contributed by atoms with Gasteiger partial charge in [0.25, 0.3) is 5.91 Å². The highest BCUT2D eigenvalue weighted by molar-refractivity contribution is 7.21. The molecule has 1 aliphatic rings. The summed E-state index contributed by atoms with van der Waals surface area (Å²) in [5.74, 6) is -0.00671. The normalized spacial score (nSPS) is 13.8. The van der Waals surface area contributed by atoms with Crippen LogP contribution in [0.15, 0.2) is 36.4 Å². The molecule has 0 radical (unpaired) electrons. The van der Waals surface area contributed by atoms with E-state index >= 15 is 0 Å². The number of carbonyl (C=O) groups is 1. The second-order valence-corrected chi connectivity index (χ2v) is 7.79. The van der Waals surface area contributed by atoms with Crippen molar-refractivity contribution in [3.8, 4) is 0 Å². The van der Waals surface area contributed by atoms with E-state index in [9.17, 15) is 4.79 Å². The summed E-state index contributed by atoms with van der Waals surface area (Å²) >= 11 is 1.42. The number of rotatable bonds is 4. The predicted molar refractivity (Wildman–Crippen MR) is 109 cm³/mol. The summed E-state index contributed by atoms with van der Waals surface area (Å²) in [5.41, 5.74) is 10.2. The molecule has 3 aromatic rings. The summed E-state index contributed by atoms with van der Waals surface area (Å²) in [5, 5.41) is 0.892. The highest BCUT2D eigenvalue weighted by Crippen LogP contribution is 2.36. The Morgan fingerprint density at radius 2 is 2.12 bits per heavy atom. The number of benzene rings is 1. The maximum absolute atomic E-state index is 13.2. The molecule has 26 heavy (non-hydrogen) atoms. The number of thiophene rings is 1. The third-order valence-electron chi connectivity index (χ3n) is 4.99. The monoisotopic (exact) mass is 365 g/mol. The quantitative estimate of drug-likeness (QED) is 0.721. The van der Waals surface area contributed by atoms with Gasteiger partial charge in [-0.25, -0.2) is 4.98 Å². The highest BCUT2D eigenvalue weighted by atomic mass is 32.1. The smallest absolute Gasteiger partial charge is 0.270 e. The molecule has 4 nitrogen and oxygen atoms in total.